The van der Waals surface area contributed by atoms with Gasteiger partial charge in [-0.3, -0.25) is 0 Å². The van der Waals surface area contributed by atoms with Gasteiger partial charge in [0.05, 0.1) is 5.56 Å². The maximum absolute atomic E-state index is 13.1. The van der Waals surface area contributed by atoms with Crippen LogP contribution in [0.2, 0.25) is 0 Å². The van der Waals surface area contributed by atoms with Crippen LogP contribution in [0, 0.1) is 12.7 Å². The average molecular weight is 323 g/mol. The number of esters is 1. The Labute approximate surface area is 119 Å². The molecule has 2 rings (SSSR count). The highest BCUT2D eigenvalue weighted by atomic mass is 79.9. The van der Waals surface area contributed by atoms with Gasteiger partial charge in [0.15, 0.2) is 0 Å². The molecule has 2 aromatic rings. The van der Waals surface area contributed by atoms with Crippen molar-refractivity contribution in [2.24, 2.45) is 0 Å². The minimum atomic E-state index is -0.459. The fourth-order valence-corrected chi connectivity index (χ4v) is 2.01. The van der Waals surface area contributed by atoms with Crippen LogP contribution in [0.15, 0.2) is 46.9 Å². The molecule has 0 aliphatic rings. The van der Waals surface area contributed by atoms with Crippen molar-refractivity contribution in [2.45, 2.75) is 13.5 Å². The van der Waals surface area contributed by atoms with Crippen LogP contribution in [0.4, 0.5) is 4.39 Å². The van der Waals surface area contributed by atoms with Crippen molar-refractivity contribution in [3.05, 3.63) is 69.4 Å². The Bertz CT molecular complexity index is 611. The summed E-state index contributed by atoms with van der Waals surface area (Å²) >= 11 is 3.38. The van der Waals surface area contributed by atoms with Gasteiger partial charge in [0.1, 0.15) is 12.4 Å². The molecule has 4 heteroatoms. The molecule has 2 aromatic carbocycles. The van der Waals surface area contributed by atoms with Crippen LogP contribution >= 0.6 is 15.9 Å². The second-order valence-electron chi connectivity index (χ2n) is 4.13. The zero-order valence-corrected chi connectivity index (χ0v) is 11.9. The lowest BCUT2D eigenvalue weighted by Crippen LogP contribution is -2.06. The van der Waals surface area contributed by atoms with Gasteiger partial charge in [-0.2, -0.15) is 0 Å². The normalized spacial score (nSPS) is 10.3. The van der Waals surface area contributed by atoms with Gasteiger partial charge in [0, 0.05) is 10.0 Å². The van der Waals surface area contributed by atoms with Crippen LogP contribution in [0.3, 0.4) is 0 Å². The maximum atomic E-state index is 13.1. The van der Waals surface area contributed by atoms with Crippen molar-refractivity contribution < 1.29 is 13.9 Å². The van der Waals surface area contributed by atoms with Crippen molar-refractivity contribution in [2.75, 3.05) is 0 Å². The van der Waals surface area contributed by atoms with E-state index in [-0.39, 0.29) is 12.4 Å². The molecular weight excluding hydrogens is 311 g/mol. The molecule has 0 radical (unpaired) electrons. The lowest BCUT2D eigenvalue weighted by Gasteiger charge is -2.07. The Balaban J connectivity index is 2.05. The van der Waals surface area contributed by atoms with E-state index in [1.54, 1.807) is 6.92 Å². The lowest BCUT2D eigenvalue weighted by atomic mass is 10.1. The number of halogens is 2. The minimum absolute atomic E-state index is 0.177. The molecule has 0 aromatic heterocycles. The Kier molecular flexibility index (Phi) is 4.32. The zero-order valence-electron chi connectivity index (χ0n) is 10.3. The lowest BCUT2D eigenvalue weighted by molar-refractivity contribution is 0.0472. The monoisotopic (exact) mass is 322 g/mol. The smallest absolute Gasteiger partial charge is 0.338 e. The fourth-order valence-electron chi connectivity index (χ4n) is 1.61. The number of benzene rings is 2. The first kappa shape index (κ1) is 13.7. The van der Waals surface area contributed by atoms with Gasteiger partial charge in [-0.25, -0.2) is 9.18 Å². The van der Waals surface area contributed by atoms with E-state index in [1.807, 2.05) is 24.3 Å². The summed E-state index contributed by atoms with van der Waals surface area (Å²) in [5.74, 6) is -0.791. The third kappa shape index (κ3) is 3.41. The SMILES string of the molecule is Cc1cc(C(=O)OCc2ccccc2Br)ccc1F. The van der Waals surface area contributed by atoms with Gasteiger partial charge < -0.3 is 4.74 Å². The van der Waals surface area contributed by atoms with Crippen LogP contribution in [0.5, 0.6) is 0 Å². The highest BCUT2D eigenvalue weighted by Crippen LogP contribution is 2.17. The molecule has 0 aliphatic heterocycles. The van der Waals surface area contributed by atoms with E-state index in [4.69, 9.17) is 4.74 Å². The third-order valence-corrected chi connectivity index (χ3v) is 3.48. The third-order valence-electron chi connectivity index (χ3n) is 2.71. The average Bonchev–Trinajstić information content (AvgIpc) is 2.40. The number of carbonyl (C=O) groups is 1. The molecule has 0 amide bonds. The van der Waals surface area contributed by atoms with E-state index in [0.29, 0.717) is 11.1 Å². The summed E-state index contributed by atoms with van der Waals surface area (Å²) in [5, 5.41) is 0. The van der Waals surface area contributed by atoms with Gasteiger partial charge in [0.2, 0.25) is 0 Å². The van der Waals surface area contributed by atoms with Crippen LogP contribution < -0.4 is 0 Å². The summed E-state index contributed by atoms with van der Waals surface area (Å²) in [5.41, 5.74) is 1.66. The van der Waals surface area contributed by atoms with Gasteiger partial charge >= 0.3 is 5.97 Å². The molecule has 0 unspecified atom stereocenters. The van der Waals surface area contributed by atoms with Crippen LogP contribution in [-0.4, -0.2) is 5.97 Å². The molecular formula is C15H12BrFO2. The van der Waals surface area contributed by atoms with Crippen molar-refractivity contribution in [1.29, 1.82) is 0 Å². The summed E-state index contributed by atoms with van der Waals surface area (Å²) < 4.78 is 19.2. The fraction of sp³-hybridized carbons (Fsp3) is 0.133. The van der Waals surface area contributed by atoms with Crippen LogP contribution in [0.1, 0.15) is 21.5 Å². The number of hydrogen-bond acceptors (Lipinski definition) is 2. The summed E-state index contributed by atoms with van der Waals surface area (Å²) in [4.78, 5) is 11.8. The van der Waals surface area contributed by atoms with Crippen molar-refractivity contribution in [3.8, 4) is 0 Å². The first-order chi connectivity index (χ1) is 9.08. The van der Waals surface area contributed by atoms with E-state index in [9.17, 15) is 9.18 Å². The first-order valence-corrected chi connectivity index (χ1v) is 6.54. The quantitative estimate of drug-likeness (QED) is 0.789. The van der Waals surface area contributed by atoms with Crippen molar-refractivity contribution >= 4 is 21.9 Å². The second kappa shape index (κ2) is 5.97. The molecule has 0 saturated heterocycles. The zero-order chi connectivity index (χ0) is 13.8. The first-order valence-electron chi connectivity index (χ1n) is 5.74. The summed E-state index contributed by atoms with van der Waals surface area (Å²) in [6.07, 6.45) is 0. The molecule has 0 saturated carbocycles. The van der Waals surface area contributed by atoms with Gasteiger partial charge in [-0.15, -0.1) is 0 Å². The Morgan fingerprint density at radius 2 is 2.00 bits per heavy atom. The van der Waals surface area contributed by atoms with E-state index in [1.165, 1.54) is 18.2 Å². The molecule has 0 fully saturated rings. The number of aryl methyl sites for hydroxylation is 1. The molecule has 0 spiro atoms. The minimum Gasteiger partial charge on any atom is -0.457 e. The summed E-state index contributed by atoms with van der Waals surface area (Å²) in [6.45, 7) is 1.79. The predicted molar refractivity (Wildman–Crippen MR) is 74.4 cm³/mol. The van der Waals surface area contributed by atoms with Crippen LogP contribution in [0.25, 0.3) is 0 Å². The van der Waals surface area contributed by atoms with Crippen molar-refractivity contribution in [3.63, 3.8) is 0 Å². The largest absolute Gasteiger partial charge is 0.457 e. The number of carbonyl (C=O) groups excluding carboxylic acids is 1. The highest BCUT2D eigenvalue weighted by molar-refractivity contribution is 9.10. The number of ether oxygens (including phenoxy) is 1. The molecule has 19 heavy (non-hydrogen) atoms. The van der Waals surface area contributed by atoms with Crippen LogP contribution in [-0.2, 0) is 11.3 Å². The molecule has 0 atom stereocenters. The van der Waals surface area contributed by atoms with Crippen molar-refractivity contribution in [1.82, 2.24) is 0 Å². The maximum Gasteiger partial charge on any atom is 0.338 e. The Hall–Kier alpha value is -1.68. The highest BCUT2D eigenvalue weighted by Gasteiger charge is 2.10. The van der Waals surface area contributed by atoms with Gasteiger partial charge in [-0.05, 0) is 36.8 Å². The molecule has 0 N–H and O–H groups in total. The second-order valence-corrected chi connectivity index (χ2v) is 4.99. The standard InChI is InChI=1S/C15H12BrFO2/c1-10-8-11(6-7-14(10)17)15(18)19-9-12-4-2-3-5-13(12)16/h2-8H,9H2,1H3. The molecule has 0 heterocycles. The number of rotatable bonds is 3. The summed E-state index contributed by atoms with van der Waals surface area (Å²) in [7, 11) is 0. The van der Waals surface area contributed by atoms with E-state index in [2.05, 4.69) is 15.9 Å². The number of hydrogen-bond donors (Lipinski definition) is 0. The topological polar surface area (TPSA) is 26.3 Å². The predicted octanol–water partition coefficient (Wildman–Crippen LogP) is 4.25. The van der Waals surface area contributed by atoms with E-state index >= 15 is 0 Å². The molecule has 0 bridgehead atoms. The Morgan fingerprint density at radius 3 is 2.68 bits per heavy atom. The van der Waals surface area contributed by atoms with Gasteiger partial charge in [-0.1, -0.05) is 34.1 Å². The molecule has 0 aliphatic carbocycles. The summed E-state index contributed by atoms with van der Waals surface area (Å²) in [6, 6.07) is 11.7. The van der Waals surface area contributed by atoms with E-state index in [0.717, 1.165) is 10.0 Å². The van der Waals surface area contributed by atoms with E-state index < -0.39 is 5.97 Å². The Morgan fingerprint density at radius 1 is 1.26 bits per heavy atom. The van der Waals surface area contributed by atoms with Gasteiger partial charge in [0.25, 0.3) is 0 Å². The molecule has 2 nitrogen and oxygen atoms in total. The molecule has 98 valence electrons.